The summed E-state index contributed by atoms with van der Waals surface area (Å²) in [5.41, 5.74) is -1.85. The minimum absolute atomic E-state index is 0.0233. The number of carbonyl (C=O) groups is 2. The van der Waals surface area contributed by atoms with Crippen LogP contribution in [-0.4, -0.2) is 316 Å². The Morgan fingerprint density at radius 3 is 1.64 bits per heavy atom. The lowest BCUT2D eigenvalue weighted by atomic mass is 9.33. The van der Waals surface area contributed by atoms with E-state index in [1.54, 1.807) is 0 Å². The molecule has 32 nitrogen and oxygen atoms in total. The average Bonchev–Trinajstić information content (AvgIpc) is 0.675. The first kappa shape index (κ1) is 77.7. The van der Waals surface area contributed by atoms with Gasteiger partial charge in [-0.05, 0) is 116 Å². The molecule has 6 saturated heterocycles. The van der Waals surface area contributed by atoms with E-state index in [2.05, 4.69) is 54.5 Å². The number of fused-ring (bicyclic) bond motifs is 7. The SMILES string of the molecule is CC(=O)OCC1OC(OCC2OC(OC(=O)C34CCC(C)(C)CC3C3=CCC5C6(C)CCC(OC7OCC(O)C(OC8OC(CO)C(O)C(O)C8O)C7OC7OC(CO)C(O)C(O)C7O)C(C)(C)C6CCC5(C)C3(C)CC4)C(O)C(O)C2O)C(O)C(O)C1OC1OC(C)C(O)C(O)C1O. The van der Waals surface area contributed by atoms with Crippen molar-refractivity contribution in [1.29, 1.82) is 0 Å². The van der Waals surface area contributed by atoms with Crippen LogP contribution in [0.5, 0.6) is 0 Å². The number of carbonyl (C=O) groups excluding carboxylic acids is 2. The van der Waals surface area contributed by atoms with Gasteiger partial charge in [-0.25, -0.2) is 0 Å². The van der Waals surface area contributed by atoms with Gasteiger partial charge in [-0.3, -0.25) is 9.59 Å². The van der Waals surface area contributed by atoms with Crippen molar-refractivity contribution in [1.82, 2.24) is 0 Å². The van der Waals surface area contributed by atoms with Crippen LogP contribution in [-0.2, 0) is 71.2 Å². The Kier molecular flexibility index (Phi) is 23.0. The number of hydrogen-bond acceptors (Lipinski definition) is 32. The summed E-state index contributed by atoms with van der Waals surface area (Å²) < 4.78 is 77.8. The van der Waals surface area contributed by atoms with Crippen molar-refractivity contribution in [2.24, 2.45) is 50.2 Å². The molecule has 5 aliphatic carbocycles. The summed E-state index contributed by atoms with van der Waals surface area (Å²) in [6.07, 6.45) is -41.1. The van der Waals surface area contributed by atoms with E-state index in [0.717, 1.165) is 25.3 Å². The summed E-state index contributed by atoms with van der Waals surface area (Å²) >= 11 is 0. The highest BCUT2D eigenvalue weighted by molar-refractivity contribution is 5.79. The van der Waals surface area contributed by atoms with Crippen molar-refractivity contribution in [3.05, 3.63) is 11.6 Å². The molecule has 4 saturated carbocycles. The molecule has 0 aromatic carbocycles. The van der Waals surface area contributed by atoms with E-state index >= 15 is 4.79 Å². The van der Waals surface area contributed by atoms with Crippen molar-refractivity contribution >= 4 is 11.9 Å². The van der Waals surface area contributed by atoms with Crippen molar-refractivity contribution < 1.29 is 158 Å². The van der Waals surface area contributed by atoms with E-state index in [1.807, 2.05) is 0 Å². The first-order valence-corrected chi connectivity index (χ1v) is 35.0. The Hall–Kier alpha value is -2.44. The Bertz CT molecular complexity index is 2810. The molecule has 6 aliphatic heterocycles. The third-order valence-electron chi connectivity index (χ3n) is 25.5. The first-order chi connectivity index (χ1) is 46.4. The van der Waals surface area contributed by atoms with Crippen LogP contribution in [0, 0.1) is 50.2 Å². The van der Waals surface area contributed by atoms with Gasteiger partial charge in [-0.15, -0.1) is 0 Å². The largest absolute Gasteiger partial charge is 0.463 e. The van der Waals surface area contributed by atoms with E-state index in [-0.39, 0.29) is 34.0 Å². The van der Waals surface area contributed by atoms with Crippen LogP contribution in [0.3, 0.4) is 0 Å². The molecule has 37 atom stereocenters. The van der Waals surface area contributed by atoms with Gasteiger partial charge < -0.3 is 148 Å². The minimum atomic E-state index is -1.94. The van der Waals surface area contributed by atoms with E-state index in [0.29, 0.717) is 51.4 Å². The zero-order valence-corrected chi connectivity index (χ0v) is 57.5. The number of ether oxygens (including phenoxy) is 13. The summed E-state index contributed by atoms with van der Waals surface area (Å²) in [5.74, 6) is -1.60. The zero-order valence-electron chi connectivity index (χ0n) is 57.5. The molecule has 99 heavy (non-hydrogen) atoms. The van der Waals surface area contributed by atoms with Crippen LogP contribution in [0.1, 0.15) is 127 Å². The first-order valence-electron chi connectivity index (χ1n) is 35.0. The molecule has 0 bridgehead atoms. The minimum Gasteiger partial charge on any atom is -0.463 e. The van der Waals surface area contributed by atoms with Crippen LogP contribution in [0.15, 0.2) is 11.6 Å². The molecule has 0 aromatic rings. The number of rotatable bonds is 17. The van der Waals surface area contributed by atoms with Crippen LogP contribution in [0.2, 0.25) is 0 Å². The Morgan fingerprint density at radius 2 is 1.03 bits per heavy atom. The molecule has 10 fully saturated rings. The van der Waals surface area contributed by atoms with E-state index in [9.17, 15) is 91.6 Å². The molecule has 11 aliphatic rings. The normalized spacial score (nSPS) is 52.8. The molecule has 0 radical (unpaired) electrons. The van der Waals surface area contributed by atoms with Crippen LogP contribution in [0.4, 0.5) is 0 Å². The highest BCUT2D eigenvalue weighted by Gasteiger charge is 2.71. The lowest BCUT2D eigenvalue weighted by Crippen LogP contribution is -2.67. The third-order valence-corrected chi connectivity index (χ3v) is 25.5. The molecular weight excluding hydrogens is 1320 g/mol. The molecule has 0 spiro atoms. The van der Waals surface area contributed by atoms with Crippen molar-refractivity contribution in [3.63, 3.8) is 0 Å². The smallest absolute Gasteiger partial charge is 0.315 e. The monoisotopic (exact) mass is 1420 g/mol. The topological polar surface area (TPSA) is 498 Å². The number of esters is 2. The maximum Gasteiger partial charge on any atom is 0.315 e. The fraction of sp³-hybridized carbons (Fsp3) is 0.940. The van der Waals surface area contributed by atoms with Gasteiger partial charge in [0.25, 0.3) is 0 Å². The van der Waals surface area contributed by atoms with E-state index in [4.69, 9.17) is 61.6 Å². The quantitative estimate of drug-likeness (QED) is 0.0373. The second kappa shape index (κ2) is 29.4. The molecule has 568 valence electrons. The van der Waals surface area contributed by atoms with Gasteiger partial charge in [0, 0.05) is 6.92 Å². The number of aliphatic hydroxyl groups is 17. The number of aliphatic hydroxyl groups excluding tert-OH is 17. The number of allylic oxidation sites excluding steroid dienone is 2. The van der Waals surface area contributed by atoms with Crippen LogP contribution < -0.4 is 0 Å². The highest BCUT2D eigenvalue weighted by atomic mass is 16.8. The maximum atomic E-state index is 15.4. The standard InChI is InChI=1S/C67H108O32/c1-26-38(72)42(76)47(81)56(90-26)97-53-34(25-87-27(2)70)94-55(51(85)46(53)80)89-24-33-41(75)45(79)50(84)59(93-33)99-61(86)67-18-16-62(3,4)20-29(67)28-10-11-36-64(7)14-13-37(63(5,6)35(64)12-15-66(36,9)65(28,8)17-19-67)95-60-54(98-58-49(83)44(78)40(74)32(22-69)92-58)52(30(71)23-88-60)96-57-48(82)43(77)39(73)31(21-68)91-57/h10,26,29-60,68-69,71-85H,11-25H2,1-9H3. The zero-order chi connectivity index (χ0) is 72.3. The maximum absolute atomic E-state index is 15.4. The van der Waals surface area contributed by atoms with Crippen molar-refractivity contribution in [2.75, 3.05) is 33.0 Å². The van der Waals surface area contributed by atoms with Crippen molar-refractivity contribution in [3.8, 4) is 0 Å². The number of hydrogen-bond donors (Lipinski definition) is 17. The predicted octanol–water partition coefficient (Wildman–Crippen LogP) is -4.15. The summed E-state index contributed by atoms with van der Waals surface area (Å²) in [4.78, 5) is 27.4. The van der Waals surface area contributed by atoms with Gasteiger partial charge in [0.2, 0.25) is 6.29 Å². The van der Waals surface area contributed by atoms with Gasteiger partial charge in [0.05, 0.1) is 44.1 Å². The summed E-state index contributed by atoms with van der Waals surface area (Å²) in [7, 11) is 0. The summed E-state index contributed by atoms with van der Waals surface area (Å²) in [6, 6.07) is 0. The third kappa shape index (κ3) is 13.9. The molecule has 37 unspecified atom stereocenters. The molecule has 6 heterocycles. The second-order valence-electron chi connectivity index (χ2n) is 32.1. The Balaban J connectivity index is 0.794. The molecular formula is C67H108O32. The van der Waals surface area contributed by atoms with Crippen molar-refractivity contribution in [2.45, 2.75) is 311 Å². The summed E-state index contributed by atoms with van der Waals surface area (Å²) in [6.45, 7) is 14.9. The average molecular weight is 1430 g/mol. The lowest BCUT2D eigenvalue weighted by molar-refractivity contribution is -0.389. The molecule has 0 aromatic heterocycles. The van der Waals surface area contributed by atoms with Gasteiger partial charge in [-0.1, -0.05) is 60.1 Å². The fourth-order valence-corrected chi connectivity index (χ4v) is 19.2. The lowest BCUT2D eigenvalue weighted by Gasteiger charge is -2.71. The molecule has 11 rings (SSSR count). The Morgan fingerprint density at radius 1 is 0.505 bits per heavy atom. The van der Waals surface area contributed by atoms with Gasteiger partial charge in [0.1, 0.15) is 141 Å². The van der Waals surface area contributed by atoms with Gasteiger partial charge in [-0.2, -0.15) is 0 Å². The van der Waals surface area contributed by atoms with Gasteiger partial charge >= 0.3 is 11.9 Å². The second-order valence-corrected chi connectivity index (χ2v) is 32.1. The van der Waals surface area contributed by atoms with E-state index < -0.39 is 245 Å². The van der Waals surface area contributed by atoms with Crippen LogP contribution in [0.25, 0.3) is 0 Å². The summed E-state index contributed by atoms with van der Waals surface area (Å²) in [5, 5.41) is 185. The highest BCUT2D eigenvalue weighted by Crippen LogP contribution is 2.76. The van der Waals surface area contributed by atoms with E-state index in [1.165, 1.54) is 6.92 Å². The van der Waals surface area contributed by atoms with Crippen LogP contribution >= 0.6 is 0 Å². The molecule has 17 N–H and O–H groups in total. The predicted molar refractivity (Wildman–Crippen MR) is 330 cm³/mol. The Labute approximate surface area is 573 Å². The van der Waals surface area contributed by atoms with Gasteiger partial charge in [0.15, 0.2) is 31.5 Å². The fourth-order valence-electron chi connectivity index (χ4n) is 19.2. The molecule has 0 amide bonds. The molecule has 32 heteroatoms.